The standard InChI is InChI=1S/C15H20N6O/c22-14(6-4-10-21-12-16-11-18-21)19-13-5-3-7-17-15(13)20-8-1-2-9-20/h3,5,7,11-12H,1-2,4,6,8-10H2,(H,19,22). The highest BCUT2D eigenvalue weighted by Crippen LogP contribution is 2.26. The van der Waals surface area contributed by atoms with Crippen molar-refractivity contribution < 1.29 is 4.79 Å². The molecule has 2 aromatic rings. The van der Waals surface area contributed by atoms with E-state index >= 15 is 0 Å². The SMILES string of the molecule is O=C(CCCn1cncn1)Nc1cccnc1N1CCCC1. The molecule has 0 unspecified atom stereocenters. The van der Waals surface area contributed by atoms with Gasteiger partial charge in [0.2, 0.25) is 5.91 Å². The van der Waals surface area contributed by atoms with Gasteiger partial charge in [-0.2, -0.15) is 5.10 Å². The molecule has 1 aliphatic heterocycles. The summed E-state index contributed by atoms with van der Waals surface area (Å²) in [5.74, 6) is 0.887. The fourth-order valence-corrected chi connectivity index (χ4v) is 2.64. The smallest absolute Gasteiger partial charge is 0.224 e. The van der Waals surface area contributed by atoms with Crippen LogP contribution < -0.4 is 10.2 Å². The summed E-state index contributed by atoms with van der Waals surface area (Å²) in [6.07, 6.45) is 8.48. The van der Waals surface area contributed by atoms with Crippen LogP contribution in [0, 0.1) is 0 Å². The molecule has 0 spiro atoms. The number of aromatic nitrogens is 4. The lowest BCUT2D eigenvalue weighted by molar-refractivity contribution is -0.116. The third kappa shape index (κ3) is 3.60. The summed E-state index contributed by atoms with van der Waals surface area (Å²) in [6, 6.07) is 3.76. The molecule has 0 atom stereocenters. The molecule has 3 rings (SSSR count). The Hall–Kier alpha value is -2.44. The molecule has 7 heteroatoms. The van der Waals surface area contributed by atoms with Crippen LogP contribution in [0.25, 0.3) is 0 Å². The average molecular weight is 300 g/mol. The molecule has 1 fully saturated rings. The van der Waals surface area contributed by atoms with Crippen LogP contribution in [0.5, 0.6) is 0 Å². The third-order valence-electron chi connectivity index (χ3n) is 3.72. The Labute approximate surface area is 129 Å². The number of hydrogen-bond acceptors (Lipinski definition) is 5. The van der Waals surface area contributed by atoms with Gasteiger partial charge in [-0.05, 0) is 31.4 Å². The van der Waals surface area contributed by atoms with Gasteiger partial charge in [-0.15, -0.1) is 0 Å². The Morgan fingerprint density at radius 2 is 2.18 bits per heavy atom. The molecule has 1 saturated heterocycles. The summed E-state index contributed by atoms with van der Waals surface area (Å²) in [6.45, 7) is 2.71. The summed E-state index contributed by atoms with van der Waals surface area (Å²) in [7, 11) is 0. The zero-order chi connectivity index (χ0) is 15.2. The van der Waals surface area contributed by atoms with Crippen molar-refractivity contribution in [3.05, 3.63) is 31.0 Å². The van der Waals surface area contributed by atoms with Crippen molar-refractivity contribution in [3.63, 3.8) is 0 Å². The fraction of sp³-hybridized carbons (Fsp3) is 0.467. The molecular formula is C15H20N6O. The molecule has 116 valence electrons. The lowest BCUT2D eigenvalue weighted by atomic mass is 10.2. The predicted octanol–water partition coefficient (Wildman–Crippen LogP) is 1.69. The maximum atomic E-state index is 12.1. The molecule has 22 heavy (non-hydrogen) atoms. The first kappa shape index (κ1) is 14.5. The Balaban J connectivity index is 1.54. The molecule has 1 amide bonds. The van der Waals surface area contributed by atoms with Crippen LogP contribution in [0.3, 0.4) is 0 Å². The number of nitrogens with one attached hydrogen (secondary N) is 1. The van der Waals surface area contributed by atoms with Crippen LogP contribution in [-0.2, 0) is 11.3 Å². The van der Waals surface area contributed by atoms with Gasteiger partial charge >= 0.3 is 0 Å². The largest absolute Gasteiger partial charge is 0.355 e. The first-order valence-corrected chi connectivity index (χ1v) is 7.65. The summed E-state index contributed by atoms with van der Waals surface area (Å²) in [5.41, 5.74) is 0.801. The average Bonchev–Trinajstić information content (AvgIpc) is 3.21. The van der Waals surface area contributed by atoms with E-state index in [0.717, 1.165) is 31.0 Å². The number of amides is 1. The number of rotatable bonds is 6. The predicted molar refractivity (Wildman–Crippen MR) is 83.6 cm³/mol. The minimum Gasteiger partial charge on any atom is -0.355 e. The van der Waals surface area contributed by atoms with E-state index in [1.807, 2.05) is 12.1 Å². The van der Waals surface area contributed by atoms with Crippen LogP contribution in [0.15, 0.2) is 31.0 Å². The van der Waals surface area contributed by atoms with E-state index in [1.165, 1.54) is 19.2 Å². The highest BCUT2D eigenvalue weighted by molar-refractivity contribution is 5.93. The maximum Gasteiger partial charge on any atom is 0.224 e. The second kappa shape index (κ2) is 7.02. The Kier molecular flexibility index (Phi) is 4.62. The van der Waals surface area contributed by atoms with Crippen molar-refractivity contribution in [2.45, 2.75) is 32.2 Å². The molecule has 7 nitrogen and oxygen atoms in total. The van der Waals surface area contributed by atoms with Crippen molar-refractivity contribution in [1.82, 2.24) is 19.7 Å². The fourth-order valence-electron chi connectivity index (χ4n) is 2.64. The van der Waals surface area contributed by atoms with E-state index in [2.05, 4.69) is 25.3 Å². The number of anilines is 2. The summed E-state index contributed by atoms with van der Waals surface area (Å²) < 4.78 is 1.73. The summed E-state index contributed by atoms with van der Waals surface area (Å²) >= 11 is 0. The van der Waals surface area contributed by atoms with Crippen molar-refractivity contribution in [2.75, 3.05) is 23.3 Å². The highest BCUT2D eigenvalue weighted by atomic mass is 16.1. The molecule has 0 bridgehead atoms. The van der Waals surface area contributed by atoms with E-state index in [1.54, 1.807) is 17.2 Å². The van der Waals surface area contributed by atoms with Gasteiger partial charge in [-0.1, -0.05) is 0 Å². The zero-order valence-electron chi connectivity index (χ0n) is 12.5. The molecule has 1 N–H and O–H groups in total. The van der Waals surface area contributed by atoms with Gasteiger partial charge in [0, 0.05) is 32.3 Å². The monoisotopic (exact) mass is 300 g/mol. The molecule has 2 aromatic heterocycles. The molecule has 0 aromatic carbocycles. The highest BCUT2D eigenvalue weighted by Gasteiger charge is 2.17. The molecular weight excluding hydrogens is 280 g/mol. The van der Waals surface area contributed by atoms with Crippen molar-refractivity contribution in [1.29, 1.82) is 0 Å². The number of aryl methyl sites for hydroxylation is 1. The van der Waals surface area contributed by atoms with Gasteiger partial charge in [0.1, 0.15) is 12.7 Å². The van der Waals surface area contributed by atoms with E-state index in [9.17, 15) is 4.79 Å². The first-order valence-electron chi connectivity index (χ1n) is 7.65. The molecule has 1 aliphatic rings. The van der Waals surface area contributed by atoms with E-state index in [0.29, 0.717) is 13.0 Å². The topological polar surface area (TPSA) is 75.9 Å². The Bertz CT molecular complexity index is 606. The summed E-state index contributed by atoms with van der Waals surface area (Å²) in [4.78, 5) is 22.6. The van der Waals surface area contributed by atoms with Gasteiger partial charge < -0.3 is 10.2 Å². The van der Waals surface area contributed by atoms with Crippen molar-refractivity contribution in [3.8, 4) is 0 Å². The quantitative estimate of drug-likeness (QED) is 0.878. The normalized spacial score (nSPS) is 14.3. The second-order valence-corrected chi connectivity index (χ2v) is 5.38. The van der Waals surface area contributed by atoms with Crippen LogP contribution in [-0.4, -0.2) is 38.7 Å². The molecule has 3 heterocycles. The summed E-state index contributed by atoms with van der Waals surface area (Å²) in [5, 5.41) is 7.00. The number of hydrogen-bond donors (Lipinski definition) is 1. The minimum absolute atomic E-state index is 0.00793. The molecule has 0 aliphatic carbocycles. The van der Waals surface area contributed by atoms with Gasteiger partial charge in [0.05, 0.1) is 5.69 Å². The van der Waals surface area contributed by atoms with Crippen LogP contribution in [0.4, 0.5) is 11.5 Å². The Morgan fingerprint density at radius 3 is 2.95 bits per heavy atom. The zero-order valence-corrected chi connectivity index (χ0v) is 12.5. The number of carbonyl (C=O) groups is 1. The van der Waals surface area contributed by atoms with Crippen LogP contribution >= 0.6 is 0 Å². The van der Waals surface area contributed by atoms with Gasteiger partial charge in [0.15, 0.2) is 5.82 Å². The number of nitrogens with zero attached hydrogens (tertiary/aromatic N) is 5. The maximum absolute atomic E-state index is 12.1. The van der Waals surface area contributed by atoms with Gasteiger partial charge in [-0.3, -0.25) is 9.48 Å². The van der Waals surface area contributed by atoms with Gasteiger partial charge in [-0.25, -0.2) is 9.97 Å². The molecule has 0 saturated carbocycles. The Morgan fingerprint density at radius 1 is 1.32 bits per heavy atom. The number of carbonyl (C=O) groups excluding carboxylic acids is 1. The van der Waals surface area contributed by atoms with E-state index in [-0.39, 0.29) is 5.91 Å². The minimum atomic E-state index is 0.00793. The molecule has 0 radical (unpaired) electrons. The number of pyridine rings is 1. The lowest BCUT2D eigenvalue weighted by Crippen LogP contribution is -2.22. The van der Waals surface area contributed by atoms with E-state index in [4.69, 9.17) is 0 Å². The van der Waals surface area contributed by atoms with Crippen molar-refractivity contribution >= 4 is 17.4 Å². The van der Waals surface area contributed by atoms with E-state index < -0.39 is 0 Å². The third-order valence-corrected chi connectivity index (χ3v) is 3.72. The van der Waals surface area contributed by atoms with Gasteiger partial charge in [0.25, 0.3) is 0 Å². The van der Waals surface area contributed by atoms with Crippen LogP contribution in [0.1, 0.15) is 25.7 Å². The lowest BCUT2D eigenvalue weighted by Gasteiger charge is -2.19. The first-order chi connectivity index (χ1) is 10.8. The second-order valence-electron chi connectivity index (χ2n) is 5.38. The van der Waals surface area contributed by atoms with Crippen LogP contribution in [0.2, 0.25) is 0 Å². The van der Waals surface area contributed by atoms with Crippen molar-refractivity contribution in [2.24, 2.45) is 0 Å².